The average molecular weight is 350 g/mol. The predicted molar refractivity (Wildman–Crippen MR) is 97.5 cm³/mol. The number of nitrogens with zero attached hydrogens (tertiary/aromatic N) is 2. The summed E-state index contributed by atoms with van der Waals surface area (Å²) in [4.78, 5) is 36.8. The molecule has 130 valence electrons. The van der Waals surface area contributed by atoms with Crippen LogP contribution in [-0.4, -0.2) is 22.0 Å². The number of pyridine rings is 1. The van der Waals surface area contributed by atoms with Crippen molar-refractivity contribution in [2.45, 2.75) is 6.92 Å². The Kier molecular flexibility index (Phi) is 4.57. The van der Waals surface area contributed by atoms with Gasteiger partial charge in [-0.15, -0.1) is 0 Å². The zero-order valence-corrected chi connectivity index (χ0v) is 13.7. The van der Waals surface area contributed by atoms with Crippen molar-refractivity contribution in [1.29, 1.82) is 0 Å². The first-order valence-corrected chi connectivity index (χ1v) is 7.65. The van der Waals surface area contributed by atoms with Crippen molar-refractivity contribution in [3.8, 4) is 0 Å². The van der Waals surface area contributed by atoms with Crippen molar-refractivity contribution < 1.29 is 9.72 Å². The number of benzene rings is 2. The molecule has 0 radical (unpaired) electrons. The highest BCUT2D eigenvalue weighted by atomic mass is 16.6. The summed E-state index contributed by atoms with van der Waals surface area (Å²) < 4.78 is 0. The van der Waals surface area contributed by atoms with Gasteiger partial charge in [0.25, 0.3) is 17.2 Å². The minimum atomic E-state index is -0.548. The quantitative estimate of drug-likeness (QED) is 0.427. The first-order chi connectivity index (χ1) is 12.4. The summed E-state index contributed by atoms with van der Waals surface area (Å²) in [5.41, 5.74) is 4.14. The SMILES string of the molecule is Cc1ccc2[nH]c(=O)c(/C=N/NC(=O)c3ccc([N+](=O)[O-])cc3)cc2c1. The molecule has 0 saturated carbocycles. The number of carbonyl (C=O) groups excluding carboxylic acids is 1. The van der Waals surface area contributed by atoms with Crippen LogP contribution >= 0.6 is 0 Å². The molecule has 0 spiro atoms. The van der Waals surface area contributed by atoms with Crippen LogP contribution < -0.4 is 11.0 Å². The van der Waals surface area contributed by atoms with Crippen LogP contribution in [0.1, 0.15) is 21.5 Å². The molecule has 3 rings (SSSR count). The number of fused-ring (bicyclic) bond motifs is 1. The molecule has 2 aromatic carbocycles. The van der Waals surface area contributed by atoms with Crippen molar-refractivity contribution in [3.05, 3.63) is 85.7 Å². The lowest BCUT2D eigenvalue weighted by atomic mass is 10.1. The first kappa shape index (κ1) is 17.0. The molecule has 8 nitrogen and oxygen atoms in total. The van der Waals surface area contributed by atoms with E-state index in [1.807, 2.05) is 25.1 Å². The molecular weight excluding hydrogens is 336 g/mol. The molecular formula is C18H14N4O4. The van der Waals surface area contributed by atoms with Crippen LogP contribution in [0.3, 0.4) is 0 Å². The lowest BCUT2D eigenvalue weighted by molar-refractivity contribution is -0.384. The maximum absolute atomic E-state index is 12.0. The van der Waals surface area contributed by atoms with E-state index in [0.717, 1.165) is 10.9 Å². The van der Waals surface area contributed by atoms with Crippen LogP contribution in [0.2, 0.25) is 0 Å². The van der Waals surface area contributed by atoms with Crippen molar-refractivity contribution in [3.63, 3.8) is 0 Å². The van der Waals surface area contributed by atoms with E-state index >= 15 is 0 Å². The summed E-state index contributed by atoms with van der Waals surface area (Å²) >= 11 is 0. The summed E-state index contributed by atoms with van der Waals surface area (Å²) in [7, 11) is 0. The van der Waals surface area contributed by atoms with E-state index in [4.69, 9.17) is 0 Å². The normalized spacial score (nSPS) is 11.0. The maximum Gasteiger partial charge on any atom is 0.271 e. The monoisotopic (exact) mass is 350 g/mol. The number of aromatic nitrogens is 1. The lowest BCUT2D eigenvalue weighted by Gasteiger charge is -2.02. The number of carbonyl (C=O) groups is 1. The number of hydrogen-bond donors (Lipinski definition) is 2. The second-order valence-corrected chi connectivity index (χ2v) is 5.65. The molecule has 3 aromatic rings. The van der Waals surface area contributed by atoms with Gasteiger partial charge < -0.3 is 4.98 Å². The number of H-pyrrole nitrogens is 1. The number of nitro groups is 1. The molecule has 0 aliphatic heterocycles. The van der Waals surface area contributed by atoms with Crippen molar-refractivity contribution in [1.82, 2.24) is 10.4 Å². The smallest absolute Gasteiger partial charge is 0.271 e. The maximum atomic E-state index is 12.0. The Bertz CT molecular complexity index is 1080. The van der Waals surface area contributed by atoms with Crippen molar-refractivity contribution in [2.24, 2.45) is 5.10 Å². The number of nitro benzene ring substituents is 1. The molecule has 1 amide bonds. The first-order valence-electron chi connectivity index (χ1n) is 7.65. The minimum absolute atomic E-state index is 0.108. The molecule has 2 N–H and O–H groups in total. The predicted octanol–water partition coefficient (Wildman–Crippen LogP) is 2.51. The van der Waals surface area contributed by atoms with Crippen LogP contribution in [0.4, 0.5) is 5.69 Å². The highest BCUT2D eigenvalue weighted by Gasteiger charge is 2.08. The fourth-order valence-electron chi connectivity index (χ4n) is 2.40. The molecule has 0 saturated heterocycles. The summed E-state index contributed by atoms with van der Waals surface area (Å²) in [5, 5.41) is 15.2. The Labute approximate surface area is 147 Å². The van der Waals surface area contributed by atoms with Gasteiger partial charge in [0.1, 0.15) is 0 Å². The topological polar surface area (TPSA) is 117 Å². The number of rotatable bonds is 4. The summed E-state index contributed by atoms with van der Waals surface area (Å²) in [6, 6.07) is 12.5. The second-order valence-electron chi connectivity index (χ2n) is 5.65. The number of amides is 1. The van der Waals surface area contributed by atoms with Crippen LogP contribution in [0.25, 0.3) is 10.9 Å². The number of hydrogen-bond acceptors (Lipinski definition) is 5. The molecule has 26 heavy (non-hydrogen) atoms. The highest BCUT2D eigenvalue weighted by Crippen LogP contribution is 2.13. The fraction of sp³-hybridized carbons (Fsp3) is 0.0556. The second kappa shape index (κ2) is 6.98. The Balaban J connectivity index is 1.76. The van der Waals surface area contributed by atoms with Gasteiger partial charge in [-0.1, -0.05) is 11.6 Å². The van der Waals surface area contributed by atoms with E-state index in [-0.39, 0.29) is 16.8 Å². The fourth-order valence-corrected chi connectivity index (χ4v) is 2.40. The molecule has 0 aliphatic rings. The van der Waals surface area contributed by atoms with E-state index in [2.05, 4.69) is 15.5 Å². The minimum Gasteiger partial charge on any atom is -0.321 e. The van der Waals surface area contributed by atoms with E-state index in [9.17, 15) is 19.7 Å². The summed E-state index contributed by atoms with van der Waals surface area (Å²) in [5.74, 6) is -0.538. The van der Waals surface area contributed by atoms with Crippen LogP contribution in [0.5, 0.6) is 0 Å². The van der Waals surface area contributed by atoms with Crippen LogP contribution in [-0.2, 0) is 0 Å². The van der Waals surface area contributed by atoms with Gasteiger partial charge in [0, 0.05) is 23.2 Å². The Morgan fingerprint density at radius 2 is 1.92 bits per heavy atom. The van der Waals surface area contributed by atoms with Gasteiger partial charge in [0.05, 0.1) is 16.7 Å². The Morgan fingerprint density at radius 1 is 1.19 bits per heavy atom. The third-order valence-corrected chi connectivity index (χ3v) is 3.74. The number of aryl methyl sites for hydroxylation is 1. The van der Waals surface area contributed by atoms with Gasteiger partial charge in [-0.3, -0.25) is 19.7 Å². The lowest BCUT2D eigenvalue weighted by Crippen LogP contribution is -2.19. The zero-order chi connectivity index (χ0) is 18.7. The molecule has 0 atom stereocenters. The van der Waals surface area contributed by atoms with Gasteiger partial charge in [-0.05, 0) is 42.6 Å². The van der Waals surface area contributed by atoms with Gasteiger partial charge in [-0.25, -0.2) is 5.43 Å². The Hall–Kier alpha value is -3.81. The average Bonchev–Trinajstić information content (AvgIpc) is 2.62. The molecule has 0 bridgehead atoms. The standard InChI is InChI=1S/C18H14N4O4/c1-11-2-7-16-13(8-11)9-14(17(23)20-16)10-19-21-18(24)12-3-5-15(6-4-12)22(25)26/h2-10H,1H3,(H,20,23)(H,21,24)/b19-10+. The van der Waals surface area contributed by atoms with Crippen molar-refractivity contribution in [2.75, 3.05) is 0 Å². The third kappa shape index (κ3) is 3.64. The molecule has 0 fully saturated rings. The van der Waals surface area contributed by atoms with Gasteiger partial charge in [0.2, 0.25) is 0 Å². The van der Waals surface area contributed by atoms with Gasteiger partial charge >= 0.3 is 0 Å². The van der Waals surface area contributed by atoms with E-state index in [1.54, 1.807) is 6.07 Å². The zero-order valence-electron chi connectivity index (χ0n) is 13.7. The van der Waals surface area contributed by atoms with Crippen LogP contribution in [0.15, 0.2) is 58.4 Å². The highest BCUT2D eigenvalue weighted by molar-refractivity contribution is 5.95. The number of aromatic amines is 1. The Morgan fingerprint density at radius 3 is 2.62 bits per heavy atom. The largest absolute Gasteiger partial charge is 0.321 e. The summed E-state index contributed by atoms with van der Waals surface area (Å²) in [6.45, 7) is 1.95. The number of nitrogens with one attached hydrogen (secondary N) is 2. The third-order valence-electron chi connectivity index (χ3n) is 3.74. The van der Waals surface area contributed by atoms with Crippen LogP contribution in [0, 0.1) is 17.0 Å². The number of hydrazone groups is 1. The van der Waals surface area contributed by atoms with E-state index in [1.165, 1.54) is 30.5 Å². The van der Waals surface area contributed by atoms with Gasteiger partial charge in [-0.2, -0.15) is 5.10 Å². The van der Waals surface area contributed by atoms with Gasteiger partial charge in [0.15, 0.2) is 0 Å². The molecule has 0 unspecified atom stereocenters. The van der Waals surface area contributed by atoms with E-state index in [0.29, 0.717) is 11.1 Å². The number of non-ortho nitro benzene ring substituents is 1. The molecule has 1 aromatic heterocycles. The van der Waals surface area contributed by atoms with E-state index < -0.39 is 10.8 Å². The molecule has 1 heterocycles. The molecule has 0 aliphatic carbocycles. The van der Waals surface area contributed by atoms with Crippen molar-refractivity contribution >= 4 is 28.7 Å². The molecule has 8 heteroatoms. The summed E-state index contributed by atoms with van der Waals surface area (Å²) in [6.07, 6.45) is 1.25.